The van der Waals surface area contributed by atoms with Gasteiger partial charge in [0.05, 0.1) is 17.6 Å². The van der Waals surface area contributed by atoms with Crippen LogP contribution in [0.4, 0.5) is 0 Å². The molecule has 0 aliphatic carbocycles. The smallest absolute Gasteiger partial charge is 0.228 e. The summed E-state index contributed by atoms with van der Waals surface area (Å²) in [7, 11) is 0. The van der Waals surface area contributed by atoms with Gasteiger partial charge in [-0.05, 0) is 50.7 Å². The zero-order chi connectivity index (χ0) is 18.5. The van der Waals surface area contributed by atoms with Gasteiger partial charge in [-0.3, -0.25) is 9.78 Å². The van der Waals surface area contributed by atoms with Crippen molar-refractivity contribution in [1.82, 2.24) is 14.9 Å². The molecule has 140 valence electrons. The number of aromatic amines is 1. The highest BCUT2D eigenvalue weighted by molar-refractivity contribution is 6.08. The van der Waals surface area contributed by atoms with Crippen LogP contribution >= 0.6 is 0 Å². The fourth-order valence-corrected chi connectivity index (χ4v) is 3.95. The Labute approximate surface area is 160 Å². The Bertz CT molecular complexity index is 943. The molecule has 1 aromatic carbocycles. The van der Waals surface area contributed by atoms with Gasteiger partial charge in [0.2, 0.25) is 5.91 Å². The number of nitrogens with zero attached hydrogens (tertiary/aromatic N) is 2. The highest BCUT2D eigenvalue weighted by atomic mass is 16.2. The van der Waals surface area contributed by atoms with E-state index >= 15 is 0 Å². The minimum Gasteiger partial charge on any atom is -0.353 e. The third-order valence-electron chi connectivity index (χ3n) is 5.44. The summed E-state index contributed by atoms with van der Waals surface area (Å²) in [5.41, 5.74) is 2.94. The summed E-state index contributed by atoms with van der Waals surface area (Å²) in [6.45, 7) is 1.71. The summed E-state index contributed by atoms with van der Waals surface area (Å²) in [5, 5.41) is 2.33. The van der Waals surface area contributed by atoms with Crippen molar-refractivity contribution in [3.8, 4) is 0 Å². The van der Waals surface area contributed by atoms with E-state index in [1.54, 1.807) is 0 Å². The van der Waals surface area contributed by atoms with Gasteiger partial charge in [-0.25, -0.2) is 0 Å². The predicted molar refractivity (Wildman–Crippen MR) is 111 cm³/mol. The van der Waals surface area contributed by atoms with Gasteiger partial charge in [0, 0.05) is 35.6 Å². The zero-order valence-corrected chi connectivity index (χ0v) is 15.8. The molecule has 0 atom stereocenters. The third-order valence-corrected chi connectivity index (χ3v) is 5.44. The number of para-hydroxylation sites is 1. The molecule has 1 aliphatic heterocycles. The number of carbonyl (C=O) groups excluding carboxylic acids is 1. The van der Waals surface area contributed by atoms with Crippen molar-refractivity contribution in [3.63, 3.8) is 0 Å². The van der Waals surface area contributed by atoms with Crippen LogP contribution in [-0.4, -0.2) is 33.9 Å². The zero-order valence-electron chi connectivity index (χ0n) is 15.8. The number of carbonyl (C=O) groups is 1. The number of pyridine rings is 1. The number of allylic oxidation sites excluding steroid dienone is 2. The van der Waals surface area contributed by atoms with Crippen molar-refractivity contribution in [2.45, 2.75) is 44.9 Å². The summed E-state index contributed by atoms with van der Waals surface area (Å²) in [6, 6.07) is 10.3. The minimum atomic E-state index is 0.195. The Hall–Kier alpha value is -2.62. The summed E-state index contributed by atoms with van der Waals surface area (Å²) in [4.78, 5) is 23.1. The first kappa shape index (κ1) is 17.8. The maximum Gasteiger partial charge on any atom is 0.228 e. The van der Waals surface area contributed by atoms with Crippen LogP contribution in [0.15, 0.2) is 48.7 Å². The summed E-state index contributed by atoms with van der Waals surface area (Å²) < 4.78 is 0. The van der Waals surface area contributed by atoms with Crippen molar-refractivity contribution < 1.29 is 4.79 Å². The van der Waals surface area contributed by atoms with Crippen LogP contribution in [0.2, 0.25) is 0 Å². The summed E-state index contributed by atoms with van der Waals surface area (Å²) in [6.07, 6.45) is 13.4. The molecule has 2 aromatic heterocycles. The first-order valence-electron chi connectivity index (χ1n) is 10.1. The molecule has 0 bridgehead atoms. The molecule has 0 fully saturated rings. The number of benzene rings is 1. The highest BCUT2D eigenvalue weighted by Gasteiger charge is 2.17. The SMILES string of the molecule is O=C(Cc1nccc2c1[nH]c1ccccc12)N1CCCC/C=C/CCCC1. The molecule has 4 nitrogen and oxygen atoms in total. The number of aromatic nitrogens is 2. The second kappa shape index (κ2) is 8.38. The number of rotatable bonds is 2. The van der Waals surface area contributed by atoms with Crippen LogP contribution in [0.3, 0.4) is 0 Å². The first-order chi connectivity index (χ1) is 13.3. The van der Waals surface area contributed by atoms with Gasteiger partial charge < -0.3 is 9.88 Å². The largest absolute Gasteiger partial charge is 0.353 e. The molecule has 0 saturated heterocycles. The number of amides is 1. The Morgan fingerprint density at radius 2 is 1.70 bits per heavy atom. The van der Waals surface area contributed by atoms with E-state index < -0.39 is 0 Å². The van der Waals surface area contributed by atoms with E-state index in [0.717, 1.165) is 73.7 Å². The van der Waals surface area contributed by atoms with Crippen LogP contribution in [0, 0.1) is 0 Å². The molecule has 1 amide bonds. The monoisotopic (exact) mass is 361 g/mol. The lowest BCUT2D eigenvalue weighted by atomic mass is 10.1. The fourth-order valence-electron chi connectivity index (χ4n) is 3.95. The van der Waals surface area contributed by atoms with Crippen LogP contribution in [-0.2, 0) is 11.2 Å². The van der Waals surface area contributed by atoms with E-state index in [4.69, 9.17) is 0 Å². The Morgan fingerprint density at radius 1 is 0.963 bits per heavy atom. The lowest BCUT2D eigenvalue weighted by Crippen LogP contribution is -2.34. The van der Waals surface area contributed by atoms with E-state index in [1.807, 2.05) is 24.4 Å². The standard InChI is InChI=1S/C23H27N3O/c27-22(26-15-9-5-3-1-2-4-6-10-16-26)17-21-23-19(13-14-24-21)18-11-7-8-12-20(18)25-23/h1-2,7-8,11-14,25H,3-6,9-10,15-17H2/b2-1+. The van der Waals surface area contributed by atoms with E-state index in [9.17, 15) is 4.79 Å². The van der Waals surface area contributed by atoms with Gasteiger partial charge in [-0.1, -0.05) is 30.4 Å². The summed E-state index contributed by atoms with van der Waals surface area (Å²) >= 11 is 0. The molecule has 0 spiro atoms. The number of H-pyrrole nitrogens is 1. The van der Waals surface area contributed by atoms with E-state index in [0.29, 0.717) is 6.42 Å². The Balaban J connectivity index is 1.54. The number of fused-ring (bicyclic) bond motifs is 3. The molecule has 1 aliphatic rings. The van der Waals surface area contributed by atoms with Gasteiger partial charge in [0.15, 0.2) is 0 Å². The van der Waals surface area contributed by atoms with Crippen molar-refractivity contribution in [2.24, 2.45) is 0 Å². The van der Waals surface area contributed by atoms with Gasteiger partial charge in [-0.2, -0.15) is 0 Å². The highest BCUT2D eigenvalue weighted by Crippen LogP contribution is 2.26. The van der Waals surface area contributed by atoms with Gasteiger partial charge in [0.25, 0.3) is 0 Å². The topological polar surface area (TPSA) is 49.0 Å². The molecular formula is C23H27N3O. The second-order valence-corrected chi connectivity index (χ2v) is 7.37. The molecule has 0 radical (unpaired) electrons. The second-order valence-electron chi connectivity index (χ2n) is 7.37. The van der Waals surface area contributed by atoms with E-state index in [-0.39, 0.29) is 5.91 Å². The molecule has 4 rings (SSSR count). The van der Waals surface area contributed by atoms with Gasteiger partial charge >= 0.3 is 0 Å². The first-order valence-corrected chi connectivity index (χ1v) is 10.1. The van der Waals surface area contributed by atoms with E-state index in [1.165, 1.54) is 5.39 Å². The van der Waals surface area contributed by atoms with E-state index in [2.05, 4.69) is 39.2 Å². The number of hydrogen-bond donors (Lipinski definition) is 1. The van der Waals surface area contributed by atoms with Crippen molar-refractivity contribution in [1.29, 1.82) is 0 Å². The van der Waals surface area contributed by atoms with Crippen molar-refractivity contribution >= 4 is 27.7 Å². The maximum absolute atomic E-state index is 13.0. The fraction of sp³-hybridized carbons (Fsp3) is 0.391. The molecule has 0 saturated carbocycles. The Morgan fingerprint density at radius 3 is 2.48 bits per heavy atom. The normalized spacial score (nSPS) is 17.7. The lowest BCUT2D eigenvalue weighted by molar-refractivity contribution is -0.130. The molecule has 4 heteroatoms. The number of hydrogen-bond acceptors (Lipinski definition) is 2. The van der Waals surface area contributed by atoms with Gasteiger partial charge in [-0.15, -0.1) is 0 Å². The quantitative estimate of drug-likeness (QED) is 0.653. The molecule has 1 N–H and O–H groups in total. The average Bonchev–Trinajstić information content (AvgIpc) is 3.04. The molecule has 3 aromatic rings. The van der Waals surface area contributed by atoms with Crippen molar-refractivity contribution in [2.75, 3.05) is 13.1 Å². The van der Waals surface area contributed by atoms with Crippen LogP contribution in [0.5, 0.6) is 0 Å². The van der Waals surface area contributed by atoms with Crippen LogP contribution in [0.25, 0.3) is 21.8 Å². The average molecular weight is 361 g/mol. The number of nitrogens with one attached hydrogen (secondary N) is 1. The van der Waals surface area contributed by atoms with Gasteiger partial charge in [0.1, 0.15) is 0 Å². The molecule has 3 heterocycles. The third kappa shape index (κ3) is 4.05. The van der Waals surface area contributed by atoms with Crippen molar-refractivity contribution in [3.05, 3.63) is 54.4 Å². The molecular weight excluding hydrogens is 334 g/mol. The van der Waals surface area contributed by atoms with Crippen LogP contribution < -0.4 is 0 Å². The Kier molecular flexibility index (Phi) is 5.52. The minimum absolute atomic E-state index is 0.195. The lowest BCUT2D eigenvalue weighted by Gasteiger charge is -2.22. The summed E-state index contributed by atoms with van der Waals surface area (Å²) in [5.74, 6) is 0.195. The molecule has 0 unspecified atom stereocenters. The van der Waals surface area contributed by atoms with Crippen LogP contribution in [0.1, 0.15) is 44.2 Å². The predicted octanol–water partition coefficient (Wildman–Crippen LogP) is 5.00. The molecule has 27 heavy (non-hydrogen) atoms. The maximum atomic E-state index is 13.0.